The lowest BCUT2D eigenvalue weighted by Gasteiger charge is -2.24. The molecule has 0 aliphatic rings. The Kier molecular flexibility index (Phi) is 5.12. The summed E-state index contributed by atoms with van der Waals surface area (Å²) in [5.74, 6) is 2.01. The molecule has 0 fully saturated rings. The first-order valence-corrected chi connectivity index (χ1v) is 7.75. The van der Waals surface area contributed by atoms with E-state index in [2.05, 4.69) is 40.7 Å². The van der Waals surface area contributed by atoms with Gasteiger partial charge in [-0.1, -0.05) is 33.6 Å². The molecule has 2 heterocycles. The van der Waals surface area contributed by atoms with Gasteiger partial charge in [-0.15, -0.1) is 0 Å². The molecule has 0 radical (unpaired) electrons. The van der Waals surface area contributed by atoms with E-state index in [4.69, 9.17) is 5.73 Å². The molecule has 0 atom stereocenters. The van der Waals surface area contributed by atoms with Crippen LogP contribution in [-0.4, -0.2) is 37.7 Å². The highest BCUT2D eigenvalue weighted by Crippen LogP contribution is 2.18. The molecular formula is C15H26N6. The SMILES string of the molecule is CCC(CC)CN(CC)Cc1nc(N)c2cnn(C)c2n1. The third-order valence-electron chi connectivity index (χ3n) is 4.15. The summed E-state index contributed by atoms with van der Waals surface area (Å²) >= 11 is 0. The monoisotopic (exact) mass is 290 g/mol. The average molecular weight is 290 g/mol. The van der Waals surface area contributed by atoms with Crippen molar-refractivity contribution >= 4 is 16.9 Å². The maximum Gasteiger partial charge on any atom is 0.163 e. The van der Waals surface area contributed by atoms with Crippen LogP contribution in [0.15, 0.2) is 6.20 Å². The molecule has 0 bridgehead atoms. The molecule has 0 aromatic carbocycles. The van der Waals surface area contributed by atoms with Crippen LogP contribution in [-0.2, 0) is 13.6 Å². The van der Waals surface area contributed by atoms with E-state index in [1.165, 1.54) is 12.8 Å². The molecule has 2 aromatic rings. The normalized spacial score (nSPS) is 11.9. The van der Waals surface area contributed by atoms with E-state index in [1.807, 2.05) is 7.05 Å². The summed E-state index contributed by atoms with van der Waals surface area (Å²) in [5, 5.41) is 5.02. The van der Waals surface area contributed by atoms with Gasteiger partial charge in [0.05, 0.1) is 18.1 Å². The van der Waals surface area contributed by atoms with Crippen molar-refractivity contribution in [2.24, 2.45) is 13.0 Å². The van der Waals surface area contributed by atoms with Crippen LogP contribution in [0.3, 0.4) is 0 Å². The molecule has 2 rings (SSSR count). The van der Waals surface area contributed by atoms with Gasteiger partial charge < -0.3 is 5.73 Å². The second-order valence-corrected chi connectivity index (χ2v) is 5.54. The van der Waals surface area contributed by atoms with Gasteiger partial charge >= 0.3 is 0 Å². The van der Waals surface area contributed by atoms with Crippen molar-refractivity contribution in [3.05, 3.63) is 12.0 Å². The molecule has 2 N–H and O–H groups in total. The minimum absolute atomic E-state index is 0.515. The summed E-state index contributed by atoms with van der Waals surface area (Å²) in [4.78, 5) is 11.4. The van der Waals surface area contributed by atoms with Crippen LogP contribution in [0.5, 0.6) is 0 Å². The number of rotatable bonds is 7. The van der Waals surface area contributed by atoms with Crippen LogP contribution in [0.2, 0.25) is 0 Å². The van der Waals surface area contributed by atoms with Crippen LogP contribution in [0, 0.1) is 5.92 Å². The number of nitrogens with zero attached hydrogens (tertiary/aromatic N) is 5. The van der Waals surface area contributed by atoms with E-state index >= 15 is 0 Å². The van der Waals surface area contributed by atoms with E-state index in [0.717, 1.165) is 42.4 Å². The Labute approximate surface area is 126 Å². The molecule has 116 valence electrons. The van der Waals surface area contributed by atoms with Gasteiger partial charge in [-0.25, -0.2) is 9.97 Å². The highest BCUT2D eigenvalue weighted by molar-refractivity contribution is 5.84. The Morgan fingerprint density at radius 2 is 1.95 bits per heavy atom. The van der Waals surface area contributed by atoms with Crippen LogP contribution in [0.4, 0.5) is 5.82 Å². The van der Waals surface area contributed by atoms with E-state index in [-0.39, 0.29) is 0 Å². The molecule has 0 aliphatic carbocycles. The van der Waals surface area contributed by atoms with Gasteiger partial charge in [0.2, 0.25) is 0 Å². The smallest absolute Gasteiger partial charge is 0.163 e. The molecule has 21 heavy (non-hydrogen) atoms. The molecule has 0 amide bonds. The van der Waals surface area contributed by atoms with Crippen molar-refractivity contribution < 1.29 is 0 Å². The first kappa shape index (κ1) is 15.7. The van der Waals surface area contributed by atoms with Crippen LogP contribution >= 0.6 is 0 Å². The summed E-state index contributed by atoms with van der Waals surface area (Å²) in [6.07, 6.45) is 4.13. The van der Waals surface area contributed by atoms with Crippen molar-refractivity contribution in [2.45, 2.75) is 40.2 Å². The predicted molar refractivity (Wildman–Crippen MR) is 85.7 cm³/mol. The fourth-order valence-corrected chi connectivity index (χ4v) is 2.58. The Balaban J connectivity index is 2.19. The standard InChI is InChI=1S/C15H26N6/c1-5-11(6-2)9-21(7-3)10-13-18-14(16)12-8-17-20(4)15(12)19-13/h8,11H,5-7,9-10H2,1-4H3,(H2,16,18,19). The fraction of sp³-hybridized carbons (Fsp3) is 0.667. The van der Waals surface area contributed by atoms with Gasteiger partial charge in [0, 0.05) is 13.6 Å². The molecular weight excluding hydrogens is 264 g/mol. The number of aromatic nitrogens is 4. The summed E-state index contributed by atoms with van der Waals surface area (Å²) < 4.78 is 1.74. The van der Waals surface area contributed by atoms with Gasteiger partial charge in [-0.05, 0) is 12.5 Å². The number of nitrogen functional groups attached to an aromatic ring is 1. The van der Waals surface area contributed by atoms with Crippen molar-refractivity contribution in [1.82, 2.24) is 24.6 Å². The third kappa shape index (κ3) is 3.50. The lowest BCUT2D eigenvalue weighted by Crippen LogP contribution is -2.29. The maximum atomic E-state index is 6.02. The summed E-state index contributed by atoms with van der Waals surface area (Å²) in [5.41, 5.74) is 6.82. The molecule has 0 spiro atoms. The summed E-state index contributed by atoms with van der Waals surface area (Å²) in [6, 6.07) is 0. The second-order valence-electron chi connectivity index (χ2n) is 5.54. The highest BCUT2D eigenvalue weighted by atomic mass is 15.3. The molecule has 0 saturated heterocycles. The van der Waals surface area contributed by atoms with Crippen molar-refractivity contribution in [3.8, 4) is 0 Å². The van der Waals surface area contributed by atoms with E-state index in [9.17, 15) is 0 Å². The topological polar surface area (TPSA) is 72.9 Å². The number of nitrogens with two attached hydrogens (primary N) is 1. The highest BCUT2D eigenvalue weighted by Gasteiger charge is 2.14. The zero-order valence-electron chi connectivity index (χ0n) is 13.5. The van der Waals surface area contributed by atoms with Crippen molar-refractivity contribution in [2.75, 3.05) is 18.8 Å². The minimum atomic E-state index is 0.515. The van der Waals surface area contributed by atoms with E-state index in [1.54, 1.807) is 10.9 Å². The largest absolute Gasteiger partial charge is 0.383 e. The predicted octanol–water partition coefficient (Wildman–Crippen LogP) is 2.20. The van der Waals surface area contributed by atoms with Crippen LogP contribution < -0.4 is 5.73 Å². The quantitative estimate of drug-likeness (QED) is 0.846. The van der Waals surface area contributed by atoms with E-state index < -0.39 is 0 Å². The molecule has 6 heteroatoms. The number of anilines is 1. The Morgan fingerprint density at radius 3 is 2.57 bits per heavy atom. The zero-order valence-corrected chi connectivity index (χ0v) is 13.5. The molecule has 2 aromatic heterocycles. The fourth-order valence-electron chi connectivity index (χ4n) is 2.58. The Hall–Kier alpha value is -1.69. The first-order valence-electron chi connectivity index (χ1n) is 7.75. The van der Waals surface area contributed by atoms with Gasteiger partial charge in [0.15, 0.2) is 5.65 Å². The number of hydrogen-bond donors (Lipinski definition) is 1. The Morgan fingerprint density at radius 1 is 1.24 bits per heavy atom. The molecule has 0 saturated carbocycles. The maximum absolute atomic E-state index is 6.02. The minimum Gasteiger partial charge on any atom is -0.383 e. The van der Waals surface area contributed by atoms with Crippen LogP contribution in [0.1, 0.15) is 39.4 Å². The second kappa shape index (κ2) is 6.85. The average Bonchev–Trinajstić information content (AvgIpc) is 2.85. The van der Waals surface area contributed by atoms with Crippen LogP contribution in [0.25, 0.3) is 11.0 Å². The van der Waals surface area contributed by atoms with Gasteiger partial charge in [0.25, 0.3) is 0 Å². The number of hydrogen-bond acceptors (Lipinski definition) is 5. The van der Waals surface area contributed by atoms with Crippen molar-refractivity contribution in [1.29, 1.82) is 0 Å². The lowest BCUT2D eigenvalue weighted by atomic mass is 10.0. The third-order valence-corrected chi connectivity index (χ3v) is 4.15. The molecule has 6 nitrogen and oxygen atoms in total. The molecule has 0 aliphatic heterocycles. The summed E-state index contributed by atoms with van der Waals surface area (Å²) in [6.45, 7) is 9.47. The zero-order chi connectivity index (χ0) is 15.4. The molecule has 0 unspecified atom stereocenters. The Bertz CT molecular complexity index is 587. The summed E-state index contributed by atoms with van der Waals surface area (Å²) in [7, 11) is 1.88. The first-order chi connectivity index (χ1) is 10.1. The van der Waals surface area contributed by atoms with Crippen molar-refractivity contribution in [3.63, 3.8) is 0 Å². The van der Waals surface area contributed by atoms with Gasteiger partial charge in [-0.2, -0.15) is 5.10 Å². The van der Waals surface area contributed by atoms with E-state index in [0.29, 0.717) is 5.82 Å². The lowest BCUT2D eigenvalue weighted by molar-refractivity contribution is 0.221. The number of aryl methyl sites for hydroxylation is 1. The number of fused-ring (bicyclic) bond motifs is 1. The van der Waals surface area contributed by atoms with Gasteiger partial charge in [0.1, 0.15) is 11.6 Å². The van der Waals surface area contributed by atoms with Gasteiger partial charge in [-0.3, -0.25) is 9.58 Å².